The van der Waals surface area contributed by atoms with Gasteiger partial charge in [0.1, 0.15) is 6.04 Å². The first-order chi connectivity index (χ1) is 15.7. The molecular formula is C27H34N3O3+. The van der Waals surface area contributed by atoms with Crippen LogP contribution >= 0.6 is 0 Å². The summed E-state index contributed by atoms with van der Waals surface area (Å²) in [5.74, 6) is 0.215. The van der Waals surface area contributed by atoms with E-state index in [1.165, 1.54) is 11.1 Å². The zero-order valence-corrected chi connectivity index (χ0v) is 19.8. The van der Waals surface area contributed by atoms with E-state index >= 15 is 0 Å². The lowest BCUT2D eigenvalue weighted by Gasteiger charge is -2.54. The Labute approximate surface area is 195 Å². The first-order valence-electron chi connectivity index (χ1n) is 12.3. The number of quaternary nitrogens is 1. The number of aromatic nitrogens is 1. The fourth-order valence-corrected chi connectivity index (χ4v) is 7.49. The lowest BCUT2D eigenvalue weighted by molar-refractivity contribution is -1.09. The highest BCUT2D eigenvalue weighted by atomic mass is 16.5. The van der Waals surface area contributed by atoms with E-state index in [1.54, 1.807) is 12.4 Å². The van der Waals surface area contributed by atoms with Gasteiger partial charge >= 0.3 is 0 Å². The smallest absolute Gasteiger partial charge is 0.251 e. The maximum absolute atomic E-state index is 13.3. The highest BCUT2D eigenvalue weighted by molar-refractivity contribution is 6.05. The maximum Gasteiger partial charge on any atom is 0.251 e. The van der Waals surface area contributed by atoms with Gasteiger partial charge in [-0.25, -0.2) is 5.21 Å². The van der Waals surface area contributed by atoms with E-state index in [-0.39, 0.29) is 39.1 Å². The number of hydrogen-bond acceptors (Lipinski definition) is 4. The Hall–Kier alpha value is -2.28. The number of pyridine rings is 1. The molecule has 1 amide bonds. The van der Waals surface area contributed by atoms with Crippen LogP contribution in [0.5, 0.6) is 0 Å². The fraction of sp³-hybridized carbons (Fsp3) is 0.556. The van der Waals surface area contributed by atoms with Crippen LogP contribution < -0.4 is 5.32 Å². The van der Waals surface area contributed by atoms with Gasteiger partial charge in [0.15, 0.2) is 0 Å². The van der Waals surface area contributed by atoms with Crippen LogP contribution in [0.2, 0.25) is 0 Å². The number of hydroxylamine groups is 3. The van der Waals surface area contributed by atoms with Crippen LogP contribution in [0.25, 0.3) is 0 Å². The van der Waals surface area contributed by atoms with Gasteiger partial charge in [-0.05, 0) is 55.4 Å². The summed E-state index contributed by atoms with van der Waals surface area (Å²) in [5.41, 5.74) is 3.47. The lowest BCUT2D eigenvalue weighted by atomic mass is 9.59. The zero-order valence-electron chi connectivity index (χ0n) is 19.8. The number of fused-ring (bicyclic) bond motifs is 1. The number of anilines is 1. The minimum atomic E-state index is -0.335. The van der Waals surface area contributed by atoms with E-state index in [4.69, 9.17) is 4.74 Å². The average Bonchev–Trinajstić information content (AvgIpc) is 3.29. The van der Waals surface area contributed by atoms with Crippen molar-refractivity contribution in [2.45, 2.75) is 69.1 Å². The molecule has 5 aliphatic rings. The van der Waals surface area contributed by atoms with Gasteiger partial charge in [-0.1, -0.05) is 25.2 Å². The second kappa shape index (κ2) is 6.87. The molecule has 1 aromatic rings. The molecular weight excluding hydrogens is 414 g/mol. The third kappa shape index (κ3) is 2.97. The number of amides is 1. The molecule has 0 aromatic carbocycles. The van der Waals surface area contributed by atoms with Crippen LogP contribution in [-0.2, 0) is 9.53 Å². The zero-order chi connectivity index (χ0) is 23.1. The topological polar surface area (TPSA) is 71.5 Å². The molecule has 2 spiro atoms. The van der Waals surface area contributed by atoms with Crippen molar-refractivity contribution in [3.05, 3.63) is 59.5 Å². The summed E-state index contributed by atoms with van der Waals surface area (Å²) in [4.78, 5) is 17.4. The van der Waals surface area contributed by atoms with E-state index < -0.39 is 0 Å². The molecule has 5 atom stereocenters. The molecule has 174 valence electrons. The van der Waals surface area contributed by atoms with Crippen LogP contribution in [-0.4, -0.2) is 52.1 Å². The Balaban J connectivity index is 1.32. The summed E-state index contributed by atoms with van der Waals surface area (Å²) in [6.07, 6.45) is 16.8. The van der Waals surface area contributed by atoms with Crippen molar-refractivity contribution in [3.63, 3.8) is 0 Å². The van der Waals surface area contributed by atoms with E-state index in [2.05, 4.69) is 35.5 Å². The van der Waals surface area contributed by atoms with E-state index in [0.29, 0.717) is 0 Å². The molecule has 2 aliphatic heterocycles. The molecule has 1 saturated carbocycles. The van der Waals surface area contributed by atoms with Crippen molar-refractivity contribution in [3.8, 4) is 0 Å². The Morgan fingerprint density at radius 3 is 2.91 bits per heavy atom. The van der Waals surface area contributed by atoms with E-state index in [9.17, 15) is 10.0 Å². The second-order valence-corrected chi connectivity index (χ2v) is 11.4. The molecule has 3 aliphatic carbocycles. The van der Waals surface area contributed by atoms with Gasteiger partial charge in [0.25, 0.3) is 5.91 Å². The molecule has 33 heavy (non-hydrogen) atoms. The normalized spacial score (nSPS) is 39.0. The van der Waals surface area contributed by atoms with Crippen molar-refractivity contribution in [2.75, 3.05) is 19.4 Å². The second-order valence-electron chi connectivity index (χ2n) is 11.4. The Kier molecular flexibility index (Phi) is 4.43. The molecule has 1 aromatic heterocycles. The number of nitrogens with zero attached hydrogens (tertiary/aromatic N) is 2. The van der Waals surface area contributed by atoms with Crippen molar-refractivity contribution in [2.24, 2.45) is 11.3 Å². The SMILES string of the molecule is CC12CC=C3C=C4CCC([N+](C)(C)O)CC45CCC3(O5)C1CC=C2C(=O)Nc1cccnc1. The number of nitrogens with one attached hydrogen (secondary N) is 1. The highest BCUT2D eigenvalue weighted by Crippen LogP contribution is 2.66. The first-order valence-corrected chi connectivity index (χ1v) is 12.3. The Morgan fingerprint density at radius 1 is 1.30 bits per heavy atom. The van der Waals surface area contributed by atoms with Gasteiger partial charge in [-0.15, -0.1) is 0 Å². The standard InChI is InChI=1S/C27H33N3O3/c1-25-11-10-19-15-18-6-7-21(30(2,3)32)16-26(18)12-13-27(19,33-26)23(25)9-8-22(25)24(31)29-20-5-4-14-28-17-20/h4-5,8,10,14-15,17,21,23,32H,6-7,9,11-13,16H2,1-3H3/p+1. The monoisotopic (exact) mass is 448 g/mol. The third-order valence-electron chi connectivity index (χ3n) is 9.30. The number of allylic oxidation sites excluding steroid dienone is 2. The molecule has 5 unspecified atom stereocenters. The Morgan fingerprint density at radius 2 is 2.15 bits per heavy atom. The van der Waals surface area contributed by atoms with Crippen molar-refractivity contribution in [1.29, 1.82) is 0 Å². The summed E-state index contributed by atoms with van der Waals surface area (Å²) in [5, 5.41) is 13.7. The van der Waals surface area contributed by atoms with Gasteiger partial charge in [-0.3, -0.25) is 9.78 Å². The summed E-state index contributed by atoms with van der Waals surface area (Å²) in [7, 11) is 3.75. The minimum absolute atomic E-state index is 0.00452. The summed E-state index contributed by atoms with van der Waals surface area (Å²) in [6.45, 7) is 2.24. The highest BCUT2D eigenvalue weighted by Gasteiger charge is 2.66. The first kappa shape index (κ1) is 21.3. The minimum Gasteiger partial charge on any atom is -0.359 e. The largest absolute Gasteiger partial charge is 0.359 e. The predicted molar refractivity (Wildman–Crippen MR) is 125 cm³/mol. The van der Waals surface area contributed by atoms with Crippen LogP contribution in [0, 0.1) is 11.3 Å². The van der Waals surface area contributed by atoms with Crippen molar-refractivity contribution in [1.82, 2.24) is 4.98 Å². The molecule has 2 bridgehead atoms. The van der Waals surface area contributed by atoms with Gasteiger partial charge < -0.3 is 10.1 Å². The Bertz CT molecular complexity index is 1100. The van der Waals surface area contributed by atoms with Crippen LogP contribution in [0.1, 0.15) is 51.9 Å². The quantitative estimate of drug-likeness (QED) is 0.526. The van der Waals surface area contributed by atoms with Gasteiger partial charge in [-0.2, -0.15) is 4.65 Å². The summed E-state index contributed by atoms with van der Waals surface area (Å²) >= 11 is 0. The number of hydrogen-bond donors (Lipinski definition) is 2. The molecule has 3 heterocycles. The van der Waals surface area contributed by atoms with Crippen LogP contribution in [0.4, 0.5) is 5.69 Å². The number of rotatable bonds is 3. The van der Waals surface area contributed by atoms with Gasteiger partial charge in [0, 0.05) is 35.9 Å². The molecule has 6 rings (SSSR count). The summed E-state index contributed by atoms with van der Waals surface area (Å²) in [6, 6.07) is 3.88. The van der Waals surface area contributed by atoms with E-state index in [0.717, 1.165) is 56.2 Å². The number of ether oxygens (including phenoxy) is 1. The predicted octanol–water partition coefficient (Wildman–Crippen LogP) is 4.55. The number of carbonyl (C=O) groups excluding carboxylic acids is 1. The molecule has 2 N–H and O–H groups in total. The third-order valence-corrected chi connectivity index (χ3v) is 9.30. The molecule has 1 saturated heterocycles. The molecule has 2 fully saturated rings. The van der Waals surface area contributed by atoms with Crippen molar-refractivity contribution < 1.29 is 19.4 Å². The van der Waals surface area contributed by atoms with E-state index in [1.807, 2.05) is 26.2 Å². The average molecular weight is 449 g/mol. The molecule has 0 radical (unpaired) electrons. The molecule has 6 heteroatoms. The van der Waals surface area contributed by atoms with Crippen LogP contribution in [0.15, 0.2) is 59.5 Å². The van der Waals surface area contributed by atoms with Crippen LogP contribution in [0.3, 0.4) is 0 Å². The summed E-state index contributed by atoms with van der Waals surface area (Å²) < 4.78 is 7.19. The maximum atomic E-state index is 13.3. The fourth-order valence-electron chi connectivity index (χ4n) is 7.49. The van der Waals surface area contributed by atoms with Gasteiger partial charge in [0.2, 0.25) is 0 Å². The lowest BCUT2D eigenvalue weighted by Crippen LogP contribution is -2.57. The van der Waals surface area contributed by atoms with Crippen molar-refractivity contribution >= 4 is 11.6 Å². The van der Waals surface area contributed by atoms with Gasteiger partial charge in [0.05, 0.1) is 37.2 Å². The number of carbonyl (C=O) groups is 1. The molecule has 6 nitrogen and oxygen atoms in total.